The molecular weight excluding hydrogens is 312 g/mol. The van der Waals surface area contributed by atoms with E-state index in [0.717, 1.165) is 0 Å². The number of urea groups is 1. The highest BCUT2D eigenvalue weighted by atomic mass is 16.5. The van der Waals surface area contributed by atoms with Crippen LogP contribution in [0, 0.1) is 0 Å². The molecular formula is C17H18N2O5. The molecule has 0 radical (unpaired) electrons. The van der Waals surface area contributed by atoms with Crippen molar-refractivity contribution in [3.63, 3.8) is 0 Å². The van der Waals surface area contributed by atoms with Gasteiger partial charge in [-0.25, -0.2) is 4.79 Å². The van der Waals surface area contributed by atoms with Crippen LogP contribution in [-0.4, -0.2) is 31.3 Å². The first-order valence-electron chi connectivity index (χ1n) is 7.13. The average molecular weight is 330 g/mol. The average Bonchev–Trinajstić information content (AvgIpc) is 2.56. The molecule has 0 spiro atoms. The first kappa shape index (κ1) is 17.1. The van der Waals surface area contributed by atoms with Crippen LogP contribution in [0.2, 0.25) is 0 Å². The number of hydrogen-bond donors (Lipinski definition) is 3. The lowest BCUT2D eigenvalue weighted by molar-refractivity contribution is -0.136. The smallest absolute Gasteiger partial charge is 0.323 e. The van der Waals surface area contributed by atoms with E-state index in [1.807, 2.05) is 0 Å². The van der Waals surface area contributed by atoms with Crippen molar-refractivity contribution in [1.82, 2.24) is 0 Å². The van der Waals surface area contributed by atoms with E-state index in [9.17, 15) is 9.59 Å². The van der Waals surface area contributed by atoms with Crippen LogP contribution in [0.15, 0.2) is 42.5 Å². The zero-order valence-electron chi connectivity index (χ0n) is 13.3. The molecule has 0 aromatic heterocycles. The van der Waals surface area contributed by atoms with Crippen LogP contribution in [0.25, 0.3) is 0 Å². The van der Waals surface area contributed by atoms with Gasteiger partial charge in [0.15, 0.2) is 0 Å². The molecule has 0 saturated carbocycles. The van der Waals surface area contributed by atoms with Gasteiger partial charge in [0, 0.05) is 0 Å². The maximum atomic E-state index is 12.2. The monoisotopic (exact) mass is 330 g/mol. The van der Waals surface area contributed by atoms with Crippen molar-refractivity contribution in [2.75, 3.05) is 24.9 Å². The highest BCUT2D eigenvalue weighted by molar-refractivity contribution is 6.01. The zero-order chi connectivity index (χ0) is 17.5. The van der Waals surface area contributed by atoms with E-state index in [4.69, 9.17) is 14.6 Å². The molecule has 0 bridgehead atoms. The number of methoxy groups -OCH3 is 2. The number of amides is 2. The Labute approximate surface area is 139 Å². The molecule has 0 saturated heterocycles. The predicted molar refractivity (Wildman–Crippen MR) is 90.0 cm³/mol. The van der Waals surface area contributed by atoms with Gasteiger partial charge >= 0.3 is 12.0 Å². The molecule has 0 fully saturated rings. The number of aliphatic carboxylic acids is 1. The largest absolute Gasteiger partial charge is 0.495 e. The number of ether oxygens (including phenoxy) is 2. The predicted octanol–water partition coefficient (Wildman–Crippen LogP) is 2.97. The van der Waals surface area contributed by atoms with E-state index in [1.54, 1.807) is 42.5 Å². The lowest BCUT2D eigenvalue weighted by atomic mass is 10.1. The van der Waals surface area contributed by atoms with Gasteiger partial charge in [0.1, 0.15) is 11.5 Å². The summed E-state index contributed by atoms with van der Waals surface area (Å²) in [4.78, 5) is 22.9. The standard InChI is InChI=1S/C17H18N2O5/c1-23-14-6-4-3-5-12(14)18-17(22)19-13-8-7-11(10-16(20)21)9-15(13)24-2/h3-9H,10H2,1-2H3,(H,20,21)(H2,18,19,22). The Bertz CT molecular complexity index is 746. The first-order chi connectivity index (χ1) is 11.5. The minimum atomic E-state index is -0.938. The van der Waals surface area contributed by atoms with Crippen LogP contribution in [0.4, 0.5) is 16.2 Å². The van der Waals surface area contributed by atoms with Crippen molar-refractivity contribution in [1.29, 1.82) is 0 Å². The van der Waals surface area contributed by atoms with Crippen molar-refractivity contribution < 1.29 is 24.2 Å². The molecule has 7 heteroatoms. The number of nitrogens with one attached hydrogen (secondary N) is 2. The van der Waals surface area contributed by atoms with Crippen LogP contribution < -0.4 is 20.1 Å². The lowest BCUT2D eigenvalue weighted by Gasteiger charge is -2.13. The number of carboxylic acid groups (broad SMARTS) is 1. The number of para-hydroxylation sites is 2. The zero-order valence-corrected chi connectivity index (χ0v) is 13.3. The minimum Gasteiger partial charge on any atom is -0.495 e. The Kier molecular flexibility index (Phi) is 5.62. The fourth-order valence-electron chi connectivity index (χ4n) is 2.15. The number of benzene rings is 2. The van der Waals surface area contributed by atoms with Crippen LogP contribution in [0.5, 0.6) is 11.5 Å². The summed E-state index contributed by atoms with van der Waals surface area (Å²) in [5, 5.41) is 14.2. The Hall–Kier alpha value is -3.22. The van der Waals surface area contributed by atoms with E-state index < -0.39 is 12.0 Å². The number of carbonyl (C=O) groups excluding carboxylic acids is 1. The molecule has 2 aromatic carbocycles. The third kappa shape index (κ3) is 4.39. The summed E-state index contributed by atoms with van der Waals surface area (Å²) in [6, 6.07) is 11.3. The van der Waals surface area contributed by atoms with Crippen LogP contribution in [0.3, 0.4) is 0 Å². The van der Waals surface area contributed by atoms with Gasteiger partial charge in [0.05, 0.1) is 32.0 Å². The molecule has 24 heavy (non-hydrogen) atoms. The van der Waals surface area contributed by atoms with E-state index in [1.165, 1.54) is 14.2 Å². The van der Waals surface area contributed by atoms with Gasteiger partial charge in [-0.15, -0.1) is 0 Å². The molecule has 0 unspecified atom stereocenters. The van der Waals surface area contributed by atoms with Crippen LogP contribution >= 0.6 is 0 Å². The molecule has 0 aliphatic rings. The summed E-state index contributed by atoms with van der Waals surface area (Å²) in [7, 11) is 2.96. The van der Waals surface area contributed by atoms with Crippen LogP contribution in [0.1, 0.15) is 5.56 Å². The summed E-state index contributed by atoms with van der Waals surface area (Å²) in [6.07, 6.45) is -0.121. The number of hydrogen-bond acceptors (Lipinski definition) is 4. The van der Waals surface area contributed by atoms with E-state index >= 15 is 0 Å². The van der Waals surface area contributed by atoms with Gasteiger partial charge in [0.25, 0.3) is 0 Å². The molecule has 3 N–H and O–H groups in total. The second-order valence-electron chi connectivity index (χ2n) is 4.88. The van der Waals surface area contributed by atoms with Gasteiger partial charge in [-0.3, -0.25) is 4.79 Å². The van der Waals surface area contributed by atoms with Gasteiger partial charge in [-0.1, -0.05) is 18.2 Å². The summed E-state index contributed by atoms with van der Waals surface area (Å²) in [5.74, 6) is -0.0213. The number of rotatable bonds is 6. The number of carbonyl (C=O) groups is 2. The quantitative estimate of drug-likeness (QED) is 0.756. The number of anilines is 2. The molecule has 7 nitrogen and oxygen atoms in total. The second kappa shape index (κ2) is 7.87. The van der Waals surface area contributed by atoms with E-state index in [0.29, 0.717) is 28.4 Å². The molecule has 2 aromatic rings. The highest BCUT2D eigenvalue weighted by Crippen LogP contribution is 2.27. The molecule has 0 aliphatic heterocycles. The molecule has 0 aliphatic carbocycles. The van der Waals surface area contributed by atoms with Crippen molar-refractivity contribution in [2.24, 2.45) is 0 Å². The van der Waals surface area contributed by atoms with E-state index in [2.05, 4.69) is 10.6 Å². The van der Waals surface area contributed by atoms with Crippen LogP contribution in [-0.2, 0) is 11.2 Å². The lowest BCUT2D eigenvalue weighted by Crippen LogP contribution is -2.20. The molecule has 0 heterocycles. The van der Waals surface area contributed by atoms with Crippen molar-refractivity contribution >= 4 is 23.4 Å². The van der Waals surface area contributed by atoms with Crippen molar-refractivity contribution in [3.8, 4) is 11.5 Å². The topological polar surface area (TPSA) is 96.9 Å². The fraction of sp³-hybridized carbons (Fsp3) is 0.176. The Morgan fingerprint density at radius 2 is 1.58 bits per heavy atom. The third-order valence-corrected chi connectivity index (χ3v) is 3.22. The second-order valence-corrected chi connectivity index (χ2v) is 4.88. The summed E-state index contributed by atoms with van der Waals surface area (Å²) >= 11 is 0. The third-order valence-electron chi connectivity index (χ3n) is 3.22. The van der Waals surface area contributed by atoms with Gasteiger partial charge < -0.3 is 25.2 Å². The summed E-state index contributed by atoms with van der Waals surface area (Å²) < 4.78 is 10.4. The molecule has 2 rings (SSSR count). The highest BCUT2D eigenvalue weighted by Gasteiger charge is 2.11. The Balaban J connectivity index is 2.12. The van der Waals surface area contributed by atoms with Gasteiger partial charge in [-0.2, -0.15) is 0 Å². The van der Waals surface area contributed by atoms with Gasteiger partial charge in [0.2, 0.25) is 0 Å². The Morgan fingerprint density at radius 1 is 0.958 bits per heavy atom. The normalized spacial score (nSPS) is 9.92. The summed E-state index contributed by atoms with van der Waals surface area (Å²) in [5.41, 5.74) is 1.54. The fourth-order valence-corrected chi connectivity index (χ4v) is 2.15. The molecule has 0 atom stereocenters. The van der Waals surface area contributed by atoms with Gasteiger partial charge in [-0.05, 0) is 29.8 Å². The maximum Gasteiger partial charge on any atom is 0.323 e. The molecule has 2 amide bonds. The van der Waals surface area contributed by atoms with Crippen molar-refractivity contribution in [2.45, 2.75) is 6.42 Å². The summed E-state index contributed by atoms with van der Waals surface area (Å²) in [6.45, 7) is 0. The SMILES string of the molecule is COc1ccccc1NC(=O)Nc1ccc(CC(=O)O)cc1OC. The van der Waals surface area contributed by atoms with E-state index in [-0.39, 0.29) is 6.42 Å². The molecule has 126 valence electrons. The maximum absolute atomic E-state index is 12.2. The minimum absolute atomic E-state index is 0.121. The number of carboxylic acids is 1. The Morgan fingerprint density at radius 3 is 2.21 bits per heavy atom. The van der Waals surface area contributed by atoms with Crippen molar-refractivity contribution in [3.05, 3.63) is 48.0 Å². The first-order valence-corrected chi connectivity index (χ1v) is 7.13.